The molecule has 8 nitrogen and oxygen atoms in total. The summed E-state index contributed by atoms with van der Waals surface area (Å²) >= 11 is 3.52. The summed E-state index contributed by atoms with van der Waals surface area (Å²) in [5.74, 6) is 0.717. The molecule has 6 rings (SSSR count). The van der Waals surface area contributed by atoms with Gasteiger partial charge in [0, 0.05) is 19.8 Å². The van der Waals surface area contributed by atoms with E-state index in [4.69, 9.17) is 19.2 Å². The second-order valence-corrected chi connectivity index (χ2v) is 13.4. The van der Waals surface area contributed by atoms with Crippen molar-refractivity contribution < 1.29 is 19.0 Å². The van der Waals surface area contributed by atoms with Crippen LogP contribution in [0.25, 0.3) is 16.8 Å². The maximum absolute atomic E-state index is 14.1. The number of methoxy groups -OCH3 is 1. The molecule has 240 valence electrons. The molecule has 0 aliphatic carbocycles. The maximum Gasteiger partial charge on any atom is 0.338 e. The van der Waals surface area contributed by atoms with Gasteiger partial charge in [-0.3, -0.25) is 9.36 Å². The number of allylic oxidation sites excluding steroid dienone is 1. The van der Waals surface area contributed by atoms with E-state index < -0.39 is 12.0 Å². The van der Waals surface area contributed by atoms with Gasteiger partial charge in [0.2, 0.25) is 0 Å². The lowest BCUT2D eigenvalue weighted by atomic mass is 9.95. The zero-order chi connectivity index (χ0) is 33.2. The molecule has 0 fully saturated rings. The van der Waals surface area contributed by atoms with E-state index in [-0.39, 0.29) is 12.2 Å². The molecule has 0 spiro atoms. The Morgan fingerprint density at radius 2 is 1.81 bits per heavy atom. The van der Waals surface area contributed by atoms with Crippen molar-refractivity contribution >= 4 is 62.4 Å². The third-order valence-corrected chi connectivity index (χ3v) is 9.83. The number of rotatable bonds is 9. The van der Waals surface area contributed by atoms with Crippen LogP contribution >= 0.6 is 33.9 Å². The van der Waals surface area contributed by atoms with E-state index in [2.05, 4.69) is 46.9 Å². The lowest BCUT2D eigenvalue weighted by Gasteiger charge is -2.25. The number of carbonyl (C=O) groups is 1. The predicted molar refractivity (Wildman–Crippen MR) is 195 cm³/mol. The van der Waals surface area contributed by atoms with Gasteiger partial charge in [-0.1, -0.05) is 65.9 Å². The van der Waals surface area contributed by atoms with Gasteiger partial charge in [0.25, 0.3) is 5.56 Å². The summed E-state index contributed by atoms with van der Waals surface area (Å²) in [5, 5.41) is 2.30. The number of ether oxygens (including phenoxy) is 3. The number of carbonyl (C=O) groups excluding carboxylic acids is 1. The van der Waals surface area contributed by atoms with Gasteiger partial charge in [-0.25, -0.2) is 9.79 Å². The average Bonchev–Trinajstić information content (AvgIpc) is 3.36. The SMILES string of the molecule is CCOC(=O)C1=C(C)N=c2s/c(=C/c3cc(I)c(OCc4cccc5ccccc45)c(OC)c3)c(=O)n2C1c1ccc(N(C)C)cc1. The minimum absolute atomic E-state index is 0.217. The lowest BCUT2D eigenvalue weighted by Crippen LogP contribution is -2.39. The van der Waals surface area contributed by atoms with E-state index in [0.29, 0.717) is 38.7 Å². The highest BCUT2D eigenvalue weighted by Gasteiger charge is 2.33. The van der Waals surface area contributed by atoms with Crippen LogP contribution in [0.1, 0.15) is 36.6 Å². The Bertz CT molecular complexity index is 2200. The van der Waals surface area contributed by atoms with E-state index >= 15 is 0 Å². The highest BCUT2D eigenvalue weighted by atomic mass is 127. The Morgan fingerprint density at radius 3 is 2.53 bits per heavy atom. The third kappa shape index (κ3) is 6.44. The molecule has 0 N–H and O–H groups in total. The highest BCUT2D eigenvalue weighted by Crippen LogP contribution is 2.36. The molecule has 0 radical (unpaired) electrons. The van der Waals surface area contributed by atoms with Gasteiger partial charge in [0.1, 0.15) is 6.61 Å². The van der Waals surface area contributed by atoms with Crippen molar-refractivity contribution in [1.82, 2.24) is 4.57 Å². The molecule has 1 aromatic heterocycles. The monoisotopic (exact) mass is 759 g/mol. The van der Waals surface area contributed by atoms with E-state index in [9.17, 15) is 9.59 Å². The van der Waals surface area contributed by atoms with Crippen LogP contribution in [0, 0.1) is 3.57 Å². The number of anilines is 1. The van der Waals surface area contributed by atoms with Crippen molar-refractivity contribution in [2.75, 3.05) is 32.7 Å². The van der Waals surface area contributed by atoms with Gasteiger partial charge in [-0.2, -0.15) is 0 Å². The number of hydrogen-bond acceptors (Lipinski definition) is 8. The molecule has 47 heavy (non-hydrogen) atoms. The largest absolute Gasteiger partial charge is 0.493 e. The summed E-state index contributed by atoms with van der Waals surface area (Å²) in [6.07, 6.45) is 1.83. The molecule has 1 atom stereocenters. The fraction of sp³-hybridized carbons (Fsp3) is 0.216. The van der Waals surface area contributed by atoms with E-state index in [1.54, 1.807) is 25.5 Å². The number of esters is 1. The first kappa shape index (κ1) is 32.5. The third-order valence-electron chi connectivity index (χ3n) is 8.04. The van der Waals surface area contributed by atoms with Crippen LogP contribution in [-0.2, 0) is 16.1 Å². The second kappa shape index (κ2) is 13.7. The quantitative estimate of drug-likeness (QED) is 0.131. The molecule has 10 heteroatoms. The van der Waals surface area contributed by atoms with Crippen LogP contribution < -0.4 is 29.3 Å². The maximum atomic E-state index is 14.1. The smallest absolute Gasteiger partial charge is 0.338 e. The van der Waals surface area contributed by atoms with Crippen LogP contribution in [0.2, 0.25) is 0 Å². The zero-order valence-corrected chi connectivity index (χ0v) is 29.7. The Balaban J connectivity index is 1.39. The minimum atomic E-state index is -0.678. The molecule has 0 saturated heterocycles. The number of fused-ring (bicyclic) bond motifs is 2. The van der Waals surface area contributed by atoms with Crippen molar-refractivity contribution in [3.8, 4) is 11.5 Å². The Morgan fingerprint density at radius 1 is 1.06 bits per heavy atom. The standard InChI is InChI=1S/C37H34IN3O5S/c1-6-45-36(43)32-22(2)39-37-41(33(32)25-14-16-27(17-15-25)40(3)4)35(42)31(47-37)20-23-18-29(38)34(30(19-23)44-5)46-21-26-12-9-11-24-10-7-8-13-28(24)26/h7-20,33H,6,21H2,1-5H3/b31-20+. The summed E-state index contributed by atoms with van der Waals surface area (Å²) in [6, 6.07) is 25.4. The first-order valence-corrected chi connectivity index (χ1v) is 17.0. The number of halogens is 1. The first-order chi connectivity index (χ1) is 22.7. The van der Waals surface area contributed by atoms with Crippen LogP contribution in [0.5, 0.6) is 11.5 Å². The fourth-order valence-corrected chi connectivity index (χ4v) is 7.57. The molecule has 0 saturated carbocycles. The van der Waals surface area contributed by atoms with Crippen molar-refractivity contribution in [3.63, 3.8) is 0 Å². The van der Waals surface area contributed by atoms with E-state index in [1.165, 1.54) is 11.3 Å². The second-order valence-electron chi connectivity index (χ2n) is 11.2. The molecule has 4 aromatic carbocycles. The van der Waals surface area contributed by atoms with Gasteiger partial charge in [-0.15, -0.1) is 0 Å². The summed E-state index contributed by atoms with van der Waals surface area (Å²) in [5.41, 5.74) is 4.30. The first-order valence-electron chi connectivity index (χ1n) is 15.1. The topological polar surface area (TPSA) is 82.4 Å². The Hall–Kier alpha value is -4.42. The number of aromatic nitrogens is 1. The minimum Gasteiger partial charge on any atom is -0.493 e. The van der Waals surface area contributed by atoms with E-state index in [0.717, 1.165) is 36.7 Å². The lowest BCUT2D eigenvalue weighted by molar-refractivity contribution is -0.139. The van der Waals surface area contributed by atoms with Gasteiger partial charge >= 0.3 is 5.97 Å². The number of benzene rings is 4. The van der Waals surface area contributed by atoms with Crippen molar-refractivity contribution in [3.05, 3.63) is 130 Å². The summed E-state index contributed by atoms with van der Waals surface area (Å²) < 4.78 is 20.4. The van der Waals surface area contributed by atoms with Gasteiger partial charge in [-0.05, 0) is 94.2 Å². The molecule has 1 aliphatic heterocycles. The van der Waals surface area contributed by atoms with Crippen LogP contribution in [0.3, 0.4) is 0 Å². The zero-order valence-electron chi connectivity index (χ0n) is 26.7. The van der Waals surface area contributed by atoms with Crippen molar-refractivity contribution in [2.24, 2.45) is 4.99 Å². The van der Waals surface area contributed by atoms with Crippen LogP contribution in [0.15, 0.2) is 99.9 Å². The number of nitrogens with zero attached hydrogens (tertiary/aromatic N) is 3. The normalized spacial score (nSPS) is 14.5. The summed E-state index contributed by atoms with van der Waals surface area (Å²) in [6.45, 7) is 4.14. The van der Waals surface area contributed by atoms with Crippen LogP contribution in [0.4, 0.5) is 5.69 Å². The van der Waals surface area contributed by atoms with Crippen molar-refractivity contribution in [2.45, 2.75) is 26.5 Å². The Labute approximate surface area is 290 Å². The van der Waals surface area contributed by atoms with Gasteiger partial charge in [0.05, 0.1) is 39.1 Å². The molecule has 1 unspecified atom stereocenters. The van der Waals surface area contributed by atoms with Crippen molar-refractivity contribution in [1.29, 1.82) is 0 Å². The Kier molecular flexibility index (Phi) is 9.51. The molecule has 5 aromatic rings. The molecule has 2 heterocycles. The number of hydrogen-bond donors (Lipinski definition) is 0. The number of thiazole rings is 1. The average molecular weight is 760 g/mol. The fourth-order valence-electron chi connectivity index (χ4n) is 5.74. The summed E-state index contributed by atoms with van der Waals surface area (Å²) in [7, 11) is 5.53. The predicted octanol–water partition coefficient (Wildman–Crippen LogP) is 6.21. The van der Waals surface area contributed by atoms with Crippen LogP contribution in [-0.4, -0.2) is 38.3 Å². The van der Waals surface area contributed by atoms with E-state index in [1.807, 2.05) is 79.7 Å². The summed E-state index contributed by atoms with van der Waals surface area (Å²) in [4.78, 5) is 34.6. The molecule has 0 bridgehead atoms. The van der Waals surface area contributed by atoms with Gasteiger partial charge < -0.3 is 19.1 Å². The highest BCUT2D eigenvalue weighted by molar-refractivity contribution is 14.1. The molecule has 1 aliphatic rings. The molecular formula is C37H34IN3O5S. The molecular weight excluding hydrogens is 725 g/mol. The van der Waals surface area contributed by atoms with Gasteiger partial charge in [0.15, 0.2) is 16.3 Å². The molecule has 0 amide bonds.